The molecule has 0 fully saturated rings. The molecule has 0 saturated carbocycles. The van der Waals surface area contributed by atoms with Gasteiger partial charge in [-0.15, -0.1) is 0 Å². The standard InChI is InChI=1S/C10H22N2O2/c1-6-8(11)7(2)12(9(13)14)10(3,4)5/h7-8H,6,11H2,1-5H3,(H,13,14)/t7-,8+/m0/s1. The molecule has 0 saturated heterocycles. The molecule has 0 aromatic rings. The average molecular weight is 202 g/mol. The summed E-state index contributed by atoms with van der Waals surface area (Å²) in [7, 11) is 0. The highest BCUT2D eigenvalue weighted by molar-refractivity contribution is 5.66. The first-order valence-electron chi connectivity index (χ1n) is 4.99. The van der Waals surface area contributed by atoms with Crippen LogP contribution in [0.3, 0.4) is 0 Å². The zero-order chi connectivity index (χ0) is 11.5. The molecule has 0 aliphatic rings. The lowest BCUT2D eigenvalue weighted by Gasteiger charge is -2.40. The lowest BCUT2D eigenvalue weighted by atomic mass is 9.99. The minimum Gasteiger partial charge on any atom is -0.465 e. The summed E-state index contributed by atoms with van der Waals surface area (Å²) in [6.07, 6.45) is -0.130. The van der Waals surface area contributed by atoms with E-state index in [0.717, 1.165) is 6.42 Å². The largest absolute Gasteiger partial charge is 0.465 e. The third-order valence-corrected chi connectivity index (χ3v) is 2.43. The van der Waals surface area contributed by atoms with Crippen molar-refractivity contribution in [2.45, 2.75) is 58.7 Å². The van der Waals surface area contributed by atoms with Crippen LogP contribution in [0.4, 0.5) is 4.79 Å². The molecule has 0 heterocycles. The number of nitrogens with zero attached hydrogens (tertiary/aromatic N) is 1. The molecule has 0 radical (unpaired) electrons. The van der Waals surface area contributed by atoms with Crippen molar-refractivity contribution in [3.05, 3.63) is 0 Å². The number of carbonyl (C=O) groups is 1. The van der Waals surface area contributed by atoms with Gasteiger partial charge >= 0.3 is 6.09 Å². The van der Waals surface area contributed by atoms with Gasteiger partial charge in [-0.05, 0) is 34.1 Å². The molecule has 0 rings (SSSR count). The van der Waals surface area contributed by atoms with Crippen molar-refractivity contribution in [3.63, 3.8) is 0 Å². The summed E-state index contributed by atoms with van der Waals surface area (Å²) in [5.74, 6) is 0. The Hall–Kier alpha value is -0.770. The van der Waals surface area contributed by atoms with Crippen LogP contribution in [-0.2, 0) is 0 Å². The van der Waals surface area contributed by atoms with Crippen LogP contribution in [-0.4, -0.2) is 33.7 Å². The van der Waals surface area contributed by atoms with Crippen LogP contribution in [0.1, 0.15) is 41.0 Å². The Morgan fingerprint density at radius 3 is 2.14 bits per heavy atom. The summed E-state index contributed by atoms with van der Waals surface area (Å²) in [5, 5.41) is 9.09. The summed E-state index contributed by atoms with van der Waals surface area (Å²) in [4.78, 5) is 12.5. The molecule has 0 spiro atoms. The highest BCUT2D eigenvalue weighted by atomic mass is 16.4. The van der Waals surface area contributed by atoms with E-state index < -0.39 is 11.6 Å². The number of rotatable bonds is 3. The monoisotopic (exact) mass is 202 g/mol. The predicted molar refractivity (Wildman–Crippen MR) is 57.3 cm³/mol. The van der Waals surface area contributed by atoms with Gasteiger partial charge in [0.05, 0.1) is 0 Å². The van der Waals surface area contributed by atoms with E-state index in [1.54, 1.807) is 0 Å². The maximum Gasteiger partial charge on any atom is 0.408 e. The number of amides is 1. The van der Waals surface area contributed by atoms with Gasteiger partial charge in [-0.1, -0.05) is 6.92 Å². The normalized spacial score (nSPS) is 16.1. The van der Waals surface area contributed by atoms with Gasteiger partial charge in [-0.2, -0.15) is 0 Å². The summed E-state index contributed by atoms with van der Waals surface area (Å²) in [6, 6.07) is -0.261. The SMILES string of the molecule is CC[C@@H](N)[C@H](C)N(C(=O)O)C(C)(C)C. The molecule has 3 N–H and O–H groups in total. The van der Waals surface area contributed by atoms with Crippen LogP contribution >= 0.6 is 0 Å². The van der Waals surface area contributed by atoms with E-state index in [1.165, 1.54) is 4.90 Å². The molecule has 0 unspecified atom stereocenters. The second-order valence-electron chi connectivity index (χ2n) is 4.64. The summed E-state index contributed by atoms with van der Waals surface area (Å²) < 4.78 is 0. The Labute approximate surface area is 86.1 Å². The summed E-state index contributed by atoms with van der Waals surface area (Å²) in [5.41, 5.74) is 5.44. The topological polar surface area (TPSA) is 66.6 Å². The smallest absolute Gasteiger partial charge is 0.408 e. The van der Waals surface area contributed by atoms with E-state index in [4.69, 9.17) is 10.8 Å². The maximum absolute atomic E-state index is 11.1. The molecule has 0 aliphatic heterocycles. The minimum absolute atomic E-state index is 0.106. The number of nitrogens with two attached hydrogens (primary N) is 1. The molecule has 0 aliphatic carbocycles. The lowest BCUT2D eigenvalue weighted by molar-refractivity contribution is 0.0667. The Kier molecular flexibility index (Phi) is 4.39. The molecule has 0 aromatic heterocycles. The van der Waals surface area contributed by atoms with Crippen LogP contribution in [0.15, 0.2) is 0 Å². The van der Waals surface area contributed by atoms with Gasteiger partial charge in [0.1, 0.15) is 0 Å². The van der Waals surface area contributed by atoms with Crippen LogP contribution in [0.25, 0.3) is 0 Å². The molecule has 14 heavy (non-hydrogen) atoms. The Balaban J connectivity index is 4.76. The zero-order valence-corrected chi connectivity index (χ0v) is 9.74. The third kappa shape index (κ3) is 3.18. The van der Waals surface area contributed by atoms with Crippen molar-refractivity contribution < 1.29 is 9.90 Å². The van der Waals surface area contributed by atoms with Crippen molar-refractivity contribution in [3.8, 4) is 0 Å². The van der Waals surface area contributed by atoms with Crippen molar-refractivity contribution in [2.75, 3.05) is 0 Å². The molecular formula is C10H22N2O2. The van der Waals surface area contributed by atoms with Gasteiger partial charge in [-0.3, -0.25) is 4.90 Å². The van der Waals surface area contributed by atoms with Crippen molar-refractivity contribution in [1.82, 2.24) is 4.90 Å². The quantitative estimate of drug-likeness (QED) is 0.734. The van der Waals surface area contributed by atoms with Crippen LogP contribution in [0.5, 0.6) is 0 Å². The fourth-order valence-corrected chi connectivity index (χ4v) is 1.60. The van der Waals surface area contributed by atoms with Gasteiger partial charge in [0.25, 0.3) is 0 Å². The van der Waals surface area contributed by atoms with Crippen molar-refractivity contribution >= 4 is 6.09 Å². The van der Waals surface area contributed by atoms with Gasteiger partial charge in [0.2, 0.25) is 0 Å². The van der Waals surface area contributed by atoms with E-state index in [9.17, 15) is 4.79 Å². The van der Waals surface area contributed by atoms with Crippen molar-refractivity contribution in [1.29, 1.82) is 0 Å². The first kappa shape index (κ1) is 13.2. The first-order chi connectivity index (χ1) is 6.21. The average Bonchev–Trinajstić information content (AvgIpc) is 1.99. The van der Waals surface area contributed by atoms with E-state index in [2.05, 4.69) is 0 Å². The Morgan fingerprint density at radius 1 is 1.50 bits per heavy atom. The lowest BCUT2D eigenvalue weighted by Crippen LogP contribution is -2.56. The van der Waals surface area contributed by atoms with E-state index in [-0.39, 0.29) is 12.1 Å². The second-order valence-corrected chi connectivity index (χ2v) is 4.64. The van der Waals surface area contributed by atoms with Gasteiger partial charge in [0, 0.05) is 17.6 Å². The maximum atomic E-state index is 11.1. The van der Waals surface area contributed by atoms with Crippen LogP contribution in [0.2, 0.25) is 0 Å². The number of carboxylic acid groups (broad SMARTS) is 1. The van der Waals surface area contributed by atoms with Crippen LogP contribution < -0.4 is 5.73 Å². The van der Waals surface area contributed by atoms with Gasteiger partial charge in [0.15, 0.2) is 0 Å². The molecule has 0 bridgehead atoms. The molecule has 4 nitrogen and oxygen atoms in total. The molecular weight excluding hydrogens is 180 g/mol. The predicted octanol–water partition coefficient (Wildman–Crippen LogP) is 1.89. The minimum atomic E-state index is -0.908. The highest BCUT2D eigenvalue weighted by Gasteiger charge is 2.32. The molecule has 4 heteroatoms. The fraction of sp³-hybridized carbons (Fsp3) is 0.900. The number of hydrogen-bond acceptors (Lipinski definition) is 2. The molecule has 0 aromatic carbocycles. The molecule has 1 amide bonds. The highest BCUT2D eigenvalue weighted by Crippen LogP contribution is 2.19. The van der Waals surface area contributed by atoms with Crippen molar-refractivity contribution in [2.24, 2.45) is 5.73 Å². The van der Waals surface area contributed by atoms with E-state index >= 15 is 0 Å². The van der Waals surface area contributed by atoms with E-state index in [0.29, 0.717) is 0 Å². The summed E-state index contributed by atoms with van der Waals surface area (Å²) in [6.45, 7) is 9.44. The van der Waals surface area contributed by atoms with Gasteiger partial charge in [-0.25, -0.2) is 4.79 Å². The third-order valence-electron chi connectivity index (χ3n) is 2.43. The second kappa shape index (κ2) is 4.64. The van der Waals surface area contributed by atoms with E-state index in [1.807, 2.05) is 34.6 Å². The molecule has 84 valence electrons. The zero-order valence-electron chi connectivity index (χ0n) is 9.74. The van der Waals surface area contributed by atoms with Crippen LogP contribution in [0, 0.1) is 0 Å². The fourth-order valence-electron chi connectivity index (χ4n) is 1.60. The Bertz CT molecular complexity index is 199. The first-order valence-corrected chi connectivity index (χ1v) is 4.99. The number of hydrogen-bond donors (Lipinski definition) is 2. The summed E-state index contributed by atoms with van der Waals surface area (Å²) >= 11 is 0. The molecule has 2 atom stereocenters. The Morgan fingerprint density at radius 2 is 1.93 bits per heavy atom. The van der Waals surface area contributed by atoms with Gasteiger partial charge < -0.3 is 10.8 Å².